The molecule has 3 N–H and O–H groups in total. The molecule has 2 atom stereocenters. The average Bonchev–Trinajstić information content (AvgIpc) is 3.28. The molecule has 0 spiro atoms. The van der Waals surface area contributed by atoms with Crippen LogP contribution in [0, 0.1) is 0 Å². The van der Waals surface area contributed by atoms with Gasteiger partial charge in [0.1, 0.15) is 28.6 Å². The molecule has 12 heteroatoms. The van der Waals surface area contributed by atoms with E-state index in [2.05, 4.69) is 20.0 Å². The number of nitrogens with zero attached hydrogens (tertiary/aromatic N) is 1. The summed E-state index contributed by atoms with van der Waals surface area (Å²) in [6.45, 7) is 5.03. The summed E-state index contributed by atoms with van der Waals surface area (Å²) in [5, 5.41) is 2.79. The van der Waals surface area contributed by atoms with E-state index in [1.54, 1.807) is 63.4 Å². The van der Waals surface area contributed by atoms with Crippen molar-refractivity contribution in [1.29, 1.82) is 0 Å². The predicted octanol–water partition coefficient (Wildman–Crippen LogP) is 4.94. The molecular weight excluding hydrogens is 515 g/mol. The molecule has 0 radical (unpaired) electrons. The van der Waals surface area contributed by atoms with Gasteiger partial charge in [0.25, 0.3) is 5.56 Å². The lowest BCUT2D eigenvalue weighted by molar-refractivity contribution is -0.149. The number of hydrogen-bond acceptors (Lipinski definition) is 8. The fraction of sp³-hybridized carbons (Fsp3) is 0.240. The van der Waals surface area contributed by atoms with Crippen molar-refractivity contribution in [3.05, 3.63) is 77.5 Å². The second-order valence-corrected chi connectivity index (χ2v) is 11.5. The van der Waals surface area contributed by atoms with E-state index < -0.39 is 19.5 Å². The Hall–Kier alpha value is -3.53. The summed E-state index contributed by atoms with van der Waals surface area (Å²) in [6.07, 6.45) is 2.37. The fourth-order valence-corrected chi connectivity index (χ4v) is 5.98. The minimum absolute atomic E-state index is 0.267. The quantitative estimate of drug-likeness (QED) is 0.178. The van der Waals surface area contributed by atoms with E-state index in [4.69, 9.17) is 14.0 Å². The van der Waals surface area contributed by atoms with Crippen molar-refractivity contribution in [3.8, 4) is 11.5 Å². The standard InChI is InChI=1S/C25H27N4O6PS/c1-16(2)34-25(31)17(3)29-36(32,35-18-9-5-4-6-10-18)15-33-19-11-7-8-12-20(19)37-21-13-26-23-22(21)27-14-28-24(23)30/h4-14,16-17,26H,15H2,1-3H3,(H,29,32)(H,27,28,30)/t17-,36?/m0/s1. The van der Waals surface area contributed by atoms with Crippen molar-refractivity contribution in [2.75, 3.05) is 6.35 Å². The molecule has 37 heavy (non-hydrogen) atoms. The van der Waals surface area contributed by atoms with Gasteiger partial charge in [-0.15, -0.1) is 0 Å². The smallest absolute Gasteiger partial charge is 0.354 e. The van der Waals surface area contributed by atoms with Gasteiger partial charge in [-0.2, -0.15) is 0 Å². The van der Waals surface area contributed by atoms with Gasteiger partial charge in [-0.1, -0.05) is 42.1 Å². The highest BCUT2D eigenvalue weighted by Gasteiger charge is 2.32. The molecule has 1 unspecified atom stereocenters. The second-order valence-electron chi connectivity index (χ2n) is 8.34. The normalized spacial score (nSPS) is 13.7. The van der Waals surface area contributed by atoms with Gasteiger partial charge >= 0.3 is 13.5 Å². The third-order valence-corrected chi connectivity index (χ3v) is 7.83. The van der Waals surface area contributed by atoms with E-state index in [-0.39, 0.29) is 18.0 Å². The van der Waals surface area contributed by atoms with E-state index >= 15 is 0 Å². The number of fused-ring (bicyclic) bond motifs is 1. The summed E-state index contributed by atoms with van der Waals surface area (Å²) in [5.74, 6) is 0.261. The Kier molecular flexibility index (Phi) is 8.38. The molecule has 0 saturated carbocycles. The van der Waals surface area contributed by atoms with E-state index in [0.717, 1.165) is 4.90 Å². The number of carbonyl (C=O) groups excluding carboxylic acids is 1. The van der Waals surface area contributed by atoms with Gasteiger partial charge in [0.2, 0.25) is 0 Å². The maximum absolute atomic E-state index is 13.9. The zero-order valence-corrected chi connectivity index (χ0v) is 22.2. The first kappa shape index (κ1) is 26.5. The third kappa shape index (κ3) is 6.82. The number of esters is 1. The topological polar surface area (TPSA) is 135 Å². The van der Waals surface area contributed by atoms with Gasteiger partial charge in [0, 0.05) is 6.20 Å². The Morgan fingerprint density at radius 1 is 1.05 bits per heavy atom. The molecule has 2 aromatic carbocycles. The fourth-order valence-electron chi connectivity index (χ4n) is 3.35. The molecule has 0 fully saturated rings. The highest BCUT2D eigenvalue weighted by Crippen LogP contribution is 2.45. The summed E-state index contributed by atoms with van der Waals surface area (Å²) < 4.78 is 30.9. The molecule has 0 amide bonds. The Bertz CT molecular complexity index is 1470. The molecule has 10 nitrogen and oxygen atoms in total. The van der Waals surface area contributed by atoms with Crippen LogP contribution in [0.3, 0.4) is 0 Å². The Labute approximate surface area is 217 Å². The summed E-state index contributed by atoms with van der Waals surface area (Å²) in [7, 11) is -3.74. The lowest BCUT2D eigenvalue weighted by atomic mass is 10.3. The van der Waals surface area contributed by atoms with E-state index in [0.29, 0.717) is 27.4 Å². The molecule has 4 aromatic rings. The lowest BCUT2D eigenvalue weighted by Gasteiger charge is -2.24. The average molecular weight is 543 g/mol. The van der Waals surface area contributed by atoms with Crippen LogP contribution < -0.4 is 19.9 Å². The summed E-state index contributed by atoms with van der Waals surface area (Å²) in [6, 6.07) is 15.0. The van der Waals surface area contributed by atoms with Crippen LogP contribution in [0.15, 0.2) is 81.7 Å². The lowest BCUT2D eigenvalue weighted by Crippen LogP contribution is -2.36. The molecule has 2 heterocycles. The molecule has 4 rings (SSSR count). The van der Waals surface area contributed by atoms with Crippen molar-refractivity contribution in [3.63, 3.8) is 0 Å². The second kappa shape index (κ2) is 11.7. The number of H-pyrrole nitrogens is 2. The van der Waals surface area contributed by atoms with Crippen LogP contribution in [0.25, 0.3) is 11.0 Å². The summed E-state index contributed by atoms with van der Waals surface area (Å²) in [5.41, 5.74) is 0.632. The summed E-state index contributed by atoms with van der Waals surface area (Å²) in [4.78, 5) is 35.6. The molecule has 0 saturated heterocycles. The number of carbonyl (C=O) groups is 1. The predicted molar refractivity (Wildman–Crippen MR) is 141 cm³/mol. The molecule has 2 aromatic heterocycles. The van der Waals surface area contributed by atoms with E-state index in [1.807, 2.05) is 18.2 Å². The van der Waals surface area contributed by atoms with Crippen LogP contribution in [0.4, 0.5) is 0 Å². The first-order valence-electron chi connectivity index (χ1n) is 11.5. The van der Waals surface area contributed by atoms with Gasteiger partial charge < -0.3 is 24.0 Å². The number of aromatic nitrogens is 3. The largest absolute Gasteiger partial charge is 0.480 e. The number of nitrogens with one attached hydrogen (secondary N) is 3. The SMILES string of the molecule is CC(C)OC(=O)[C@H](C)NP(=O)(COc1ccccc1Sc1c[nH]c2c(=O)[nH]cnc12)Oc1ccccc1. The summed E-state index contributed by atoms with van der Waals surface area (Å²) >= 11 is 1.34. The van der Waals surface area contributed by atoms with Crippen molar-refractivity contribution in [2.24, 2.45) is 0 Å². The minimum atomic E-state index is -3.74. The number of aromatic amines is 2. The monoisotopic (exact) mass is 542 g/mol. The van der Waals surface area contributed by atoms with Crippen LogP contribution in [0.1, 0.15) is 20.8 Å². The van der Waals surface area contributed by atoms with Crippen molar-refractivity contribution < 1.29 is 23.4 Å². The first-order chi connectivity index (χ1) is 17.7. The molecule has 0 aliphatic carbocycles. The molecule has 194 valence electrons. The van der Waals surface area contributed by atoms with Gasteiger partial charge in [0.05, 0.1) is 22.2 Å². The number of rotatable bonds is 11. The Balaban J connectivity index is 1.55. The van der Waals surface area contributed by atoms with Gasteiger partial charge in [-0.3, -0.25) is 14.2 Å². The van der Waals surface area contributed by atoms with Crippen LogP contribution in [-0.4, -0.2) is 39.4 Å². The minimum Gasteiger partial charge on any atom is -0.480 e. The zero-order valence-electron chi connectivity index (χ0n) is 20.5. The van der Waals surface area contributed by atoms with Crippen molar-refractivity contribution in [2.45, 2.75) is 42.7 Å². The number of benzene rings is 2. The molecule has 0 bridgehead atoms. The van der Waals surface area contributed by atoms with Gasteiger partial charge in [-0.05, 0) is 45.0 Å². The van der Waals surface area contributed by atoms with Gasteiger partial charge in [0.15, 0.2) is 6.35 Å². The maximum atomic E-state index is 13.9. The zero-order chi connectivity index (χ0) is 26.4. The molecule has 0 aliphatic rings. The molecule has 0 aliphatic heterocycles. The van der Waals surface area contributed by atoms with Crippen LogP contribution >= 0.6 is 19.3 Å². The van der Waals surface area contributed by atoms with Crippen LogP contribution in [-0.2, 0) is 14.1 Å². The number of hydrogen-bond donors (Lipinski definition) is 3. The first-order valence-corrected chi connectivity index (χ1v) is 14.1. The van der Waals surface area contributed by atoms with E-state index in [1.165, 1.54) is 18.1 Å². The maximum Gasteiger partial charge on any atom is 0.354 e. The van der Waals surface area contributed by atoms with E-state index in [9.17, 15) is 14.2 Å². The van der Waals surface area contributed by atoms with Crippen molar-refractivity contribution >= 4 is 36.3 Å². The van der Waals surface area contributed by atoms with Crippen LogP contribution in [0.5, 0.6) is 11.5 Å². The number of para-hydroxylation sites is 2. The highest BCUT2D eigenvalue weighted by molar-refractivity contribution is 7.99. The highest BCUT2D eigenvalue weighted by atomic mass is 32.2. The third-order valence-electron chi connectivity index (χ3n) is 4.99. The Morgan fingerprint density at radius 3 is 2.54 bits per heavy atom. The molecular formula is C25H27N4O6PS. The number of ether oxygens (including phenoxy) is 2. The van der Waals surface area contributed by atoms with Crippen molar-refractivity contribution in [1.82, 2.24) is 20.0 Å². The van der Waals surface area contributed by atoms with Gasteiger partial charge in [-0.25, -0.2) is 10.1 Å². The Morgan fingerprint density at radius 2 is 1.78 bits per heavy atom. The van der Waals surface area contributed by atoms with Crippen LogP contribution in [0.2, 0.25) is 0 Å².